The number of piperidine rings is 1. The summed E-state index contributed by atoms with van der Waals surface area (Å²) >= 11 is 3.62. The van der Waals surface area contributed by atoms with Crippen molar-refractivity contribution >= 4 is 21.6 Å². The van der Waals surface area contributed by atoms with Gasteiger partial charge in [0.15, 0.2) is 0 Å². The van der Waals surface area contributed by atoms with Crippen molar-refractivity contribution < 1.29 is 0 Å². The lowest BCUT2D eigenvalue weighted by Crippen LogP contribution is -2.37. The zero-order valence-electron chi connectivity index (χ0n) is 12.3. The predicted octanol–water partition coefficient (Wildman–Crippen LogP) is 3.67. The van der Waals surface area contributed by atoms with Crippen LogP contribution in [0.5, 0.6) is 0 Å². The third-order valence-corrected chi connectivity index (χ3v) is 4.56. The van der Waals surface area contributed by atoms with Gasteiger partial charge in [0.05, 0.1) is 0 Å². The summed E-state index contributed by atoms with van der Waals surface area (Å²) in [7, 11) is 4.35. The van der Waals surface area contributed by atoms with Gasteiger partial charge < -0.3 is 9.80 Å². The second-order valence-corrected chi connectivity index (χ2v) is 6.52. The van der Waals surface area contributed by atoms with Crippen molar-refractivity contribution in [3.63, 3.8) is 0 Å². The predicted molar refractivity (Wildman–Crippen MR) is 87.3 cm³/mol. The second-order valence-electron chi connectivity index (χ2n) is 5.96. The quantitative estimate of drug-likeness (QED) is 0.780. The number of halogens is 1. The highest BCUT2D eigenvalue weighted by Gasteiger charge is 2.21. The van der Waals surface area contributed by atoms with Crippen LogP contribution in [-0.2, 0) is 5.33 Å². The van der Waals surface area contributed by atoms with Crippen LogP contribution >= 0.6 is 15.9 Å². The SMILES string of the molecule is Cc1ccc(N2CCC(CN(C)C)CC2)c(CBr)c1. The molecule has 0 saturated carbocycles. The minimum atomic E-state index is 0.865. The molecule has 0 amide bonds. The van der Waals surface area contributed by atoms with E-state index in [1.807, 2.05) is 0 Å². The van der Waals surface area contributed by atoms with Gasteiger partial charge in [-0.15, -0.1) is 0 Å². The smallest absolute Gasteiger partial charge is 0.0407 e. The summed E-state index contributed by atoms with van der Waals surface area (Å²) in [6, 6.07) is 6.82. The molecule has 1 aromatic rings. The lowest BCUT2D eigenvalue weighted by Gasteiger charge is -2.35. The second kappa shape index (κ2) is 6.76. The number of nitrogens with zero attached hydrogens (tertiary/aromatic N) is 2. The van der Waals surface area contributed by atoms with Gasteiger partial charge >= 0.3 is 0 Å². The van der Waals surface area contributed by atoms with Crippen LogP contribution in [0, 0.1) is 12.8 Å². The molecule has 0 bridgehead atoms. The number of rotatable bonds is 4. The topological polar surface area (TPSA) is 6.48 Å². The molecule has 106 valence electrons. The maximum atomic E-state index is 3.62. The van der Waals surface area contributed by atoms with E-state index in [2.05, 4.69) is 64.9 Å². The molecule has 0 aliphatic carbocycles. The Kier molecular flexibility index (Phi) is 5.28. The summed E-state index contributed by atoms with van der Waals surface area (Å²) < 4.78 is 0. The highest BCUT2D eigenvalue weighted by Crippen LogP contribution is 2.28. The summed E-state index contributed by atoms with van der Waals surface area (Å²) in [6.45, 7) is 5.79. The van der Waals surface area contributed by atoms with E-state index >= 15 is 0 Å². The maximum Gasteiger partial charge on any atom is 0.0407 e. The molecule has 3 heteroatoms. The number of hydrogen-bond acceptors (Lipinski definition) is 2. The van der Waals surface area contributed by atoms with Crippen LogP contribution in [0.4, 0.5) is 5.69 Å². The summed E-state index contributed by atoms with van der Waals surface area (Å²) in [6.07, 6.45) is 2.63. The Morgan fingerprint density at radius 3 is 2.53 bits per heavy atom. The van der Waals surface area contributed by atoms with Crippen molar-refractivity contribution in [3.05, 3.63) is 29.3 Å². The highest BCUT2D eigenvalue weighted by molar-refractivity contribution is 9.08. The monoisotopic (exact) mass is 324 g/mol. The van der Waals surface area contributed by atoms with Crippen LogP contribution < -0.4 is 4.90 Å². The third kappa shape index (κ3) is 3.96. The Morgan fingerprint density at radius 2 is 1.95 bits per heavy atom. The van der Waals surface area contributed by atoms with Crippen molar-refractivity contribution in [3.8, 4) is 0 Å². The van der Waals surface area contributed by atoms with Crippen LogP contribution in [0.15, 0.2) is 18.2 Å². The molecule has 1 aliphatic heterocycles. The largest absolute Gasteiger partial charge is 0.371 e. The first-order valence-corrected chi connectivity index (χ1v) is 8.27. The molecule has 19 heavy (non-hydrogen) atoms. The molecule has 0 radical (unpaired) electrons. The van der Waals surface area contributed by atoms with E-state index in [9.17, 15) is 0 Å². The molecule has 1 saturated heterocycles. The van der Waals surface area contributed by atoms with E-state index in [1.54, 1.807) is 0 Å². The molecule has 0 N–H and O–H groups in total. The van der Waals surface area contributed by atoms with Gasteiger partial charge in [-0.2, -0.15) is 0 Å². The molecule has 0 aromatic heterocycles. The molecule has 0 unspecified atom stereocenters. The van der Waals surface area contributed by atoms with Gasteiger partial charge in [0.2, 0.25) is 0 Å². The molecule has 1 fully saturated rings. The van der Waals surface area contributed by atoms with Crippen LogP contribution in [0.2, 0.25) is 0 Å². The number of alkyl halides is 1. The van der Waals surface area contributed by atoms with E-state index in [4.69, 9.17) is 0 Å². The van der Waals surface area contributed by atoms with E-state index in [1.165, 1.54) is 49.3 Å². The van der Waals surface area contributed by atoms with Gasteiger partial charge in [-0.1, -0.05) is 33.6 Å². The van der Waals surface area contributed by atoms with Gasteiger partial charge in [-0.25, -0.2) is 0 Å². The molecule has 0 spiro atoms. The first-order valence-electron chi connectivity index (χ1n) is 7.15. The van der Waals surface area contributed by atoms with E-state index in [0.717, 1.165) is 11.2 Å². The molecule has 0 atom stereocenters. The Balaban J connectivity index is 2.01. The molecule has 1 aromatic carbocycles. The van der Waals surface area contributed by atoms with Gasteiger partial charge in [0.1, 0.15) is 0 Å². The average Bonchev–Trinajstić information content (AvgIpc) is 2.39. The zero-order valence-corrected chi connectivity index (χ0v) is 13.9. The summed E-state index contributed by atoms with van der Waals surface area (Å²) in [5.41, 5.74) is 4.19. The molecule has 1 heterocycles. The van der Waals surface area contributed by atoms with Crippen molar-refractivity contribution in [1.29, 1.82) is 0 Å². The lowest BCUT2D eigenvalue weighted by molar-refractivity contribution is 0.285. The number of aryl methyl sites for hydroxylation is 1. The summed E-state index contributed by atoms with van der Waals surface area (Å²) in [4.78, 5) is 4.87. The Morgan fingerprint density at radius 1 is 1.26 bits per heavy atom. The van der Waals surface area contributed by atoms with Crippen LogP contribution in [0.3, 0.4) is 0 Å². The van der Waals surface area contributed by atoms with Crippen LogP contribution in [0.1, 0.15) is 24.0 Å². The fourth-order valence-corrected chi connectivity index (χ4v) is 3.45. The highest BCUT2D eigenvalue weighted by atomic mass is 79.9. The van der Waals surface area contributed by atoms with Crippen molar-refractivity contribution in [2.75, 3.05) is 38.6 Å². The lowest BCUT2D eigenvalue weighted by atomic mass is 9.95. The molecule has 2 rings (SSSR count). The molecular formula is C16H25BrN2. The minimum absolute atomic E-state index is 0.865. The first kappa shape index (κ1) is 14.9. The van der Waals surface area contributed by atoms with Gasteiger partial charge in [0.25, 0.3) is 0 Å². The Bertz CT molecular complexity index is 409. The minimum Gasteiger partial charge on any atom is -0.371 e. The maximum absolute atomic E-state index is 3.62. The van der Waals surface area contributed by atoms with Crippen molar-refractivity contribution in [2.24, 2.45) is 5.92 Å². The average molecular weight is 325 g/mol. The summed E-state index contributed by atoms with van der Waals surface area (Å²) in [5.74, 6) is 0.865. The molecule has 1 aliphatic rings. The van der Waals surface area contributed by atoms with Gasteiger partial charge in [-0.3, -0.25) is 0 Å². The molecule has 2 nitrogen and oxygen atoms in total. The van der Waals surface area contributed by atoms with Gasteiger partial charge in [-0.05, 0) is 51.4 Å². The van der Waals surface area contributed by atoms with Gasteiger partial charge in [0, 0.05) is 30.7 Å². The summed E-state index contributed by atoms with van der Waals surface area (Å²) in [5, 5.41) is 0.946. The Labute approximate surface area is 125 Å². The normalized spacial score (nSPS) is 17.2. The van der Waals surface area contributed by atoms with Crippen molar-refractivity contribution in [2.45, 2.75) is 25.1 Å². The number of benzene rings is 1. The number of hydrogen-bond donors (Lipinski definition) is 0. The fourth-order valence-electron chi connectivity index (χ4n) is 3.00. The fraction of sp³-hybridized carbons (Fsp3) is 0.625. The third-order valence-electron chi connectivity index (χ3n) is 3.96. The van der Waals surface area contributed by atoms with E-state index < -0.39 is 0 Å². The standard InChI is InChI=1S/C16H25BrN2/c1-13-4-5-16(15(10-13)11-17)19-8-6-14(7-9-19)12-18(2)3/h4-5,10,14H,6-9,11-12H2,1-3H3. The van der Waals surface area contributed by atoms with E-state index in [0.29, 0.717) is 0 Å². The Hall–Kier alpha value is -0.540. The van der Waals surface area contributed by atoms with E-state index in [-0.39, 0.29) is 0 Å². The van der Waals surface area contributed by atoms with Crippen LogP contribution in [-0.4, -0.2) is 38.6 Å². The molecular weight excluding hydrogens is 300 g/mol. The van der Waals surface area contributed by atoms with Crippen LogP contribution in [0.25, 0.3) is 0 Å². The van der Waals surface area contributed by atoms with Crippen molar-refractivity contribution in [1.82, 2.24) is 4.90 Å². The first-order chi connectivity index (χ1) is 9.10. The number of anilines is 1. The zero-order chi connectivity index (χ0) is 13.8.